The van der Waals surface area contributed by atoms with Gasteiger partial charge in [0.2, 0.25) is 11.8 Å². The van der Waals surface area contributed by atoms with Gasteiger partial charge in [-0.15, -0.1) is 0 Å². The molecule has 8 nitrogen and oxygen atoms in total. The highest BCUT2D eigenvalue weighted by Crippen LogP contribution is 2.25. The highest BCUT2D eigenvalue weighted by molar-refractivity contribution is 5.95. The van der Waals surface area contributed by atoms with E-state index < -0.39 is 0 Å². The van der Waals surface area contributed by atoms with Gasteiger partial charge in [0.25, 0.3) is 5.91 Å². The molecule has 2 aromatic rings. The SMILES string of the molecule is CCCNC(=O)CCC(=O)Nc1cccc(NC(=O)COc2ccccc2OC)c1. The van der Waals surface area contributed by atoms with E-state index >= 15 is 0 Å². The minimum absolute atomic E-state index is 0.0822. The predicted octanol–water partition coefficient (Wildman–Crippen LogP) is 2.96. The highest BCUT2D eigenvalue weighted by Gasteiger charge is 2.09. The average molecular weight is 413 g/mol. The van der Waals surface area contributed by atoms with Crippen LogP contribution in [0.5, 0.6) is 11.5 Å². The molecule has 0 bridgehead atoms. The van der Waals surface area contributed by atoms with Crippen LogP contribution in [0.2, 0.25) is 0 Å². The van der Waals surface area contributed by atoms with Gasteiger partial charge in [-0.2, -0.15) is 0 Å². The molecule has 0 aliphatic carbocycles. The predicted molar refractivity (Wildman–Crippen MR) is 115 cm³/mol. The summed E-state index contributed by atoms with van der Waals surface area (Å²) in [4.78, 5) is 35.8. The van der Waals surface area contributed by atoms with Gasteiger partial charge in [-0.25, -0.2) is 0 Å². The molecule has 0 spiro atoms. The first-order valence-corrected chi connectivity index (χ1v) is 9.74. The first-order chi connectivity index (χ1) is 14.5. The molecule has 0 unspecified atom stereocenters. The number of para-hydroxylation sites is 2. The van der Waals surface area contributed by atoms with Crippen molar-refractivity contribution >= 4 is 29.1 Å². The maximum atomic E-state index is 12.2. The summed E-state index contributed by atoms with van der Waals surface area (Å²) < 4.78 is 10.7. The van der Waals surface area contributed by atoms with Crippen molar-refractivity contribution < 1.29 is 23.9 Å². The van der Waals surface area contributed by atoms with E-state index in [2.05, 4.69) is 16.0 Å². The highest BCUT2D eigenvalue weighted by atomic mass is 16.5. The van der Waals surface area contributed by atoms with E-state index in [4.69, 9.17) is 9.47 Å². The van der Waals surface area contributed by atoms with Crippen molar-refractivity contribution in [2.45, 2.75) is 26.2 Å². The van der Waals surface area contributed by atoms with E-state index in [-0.39, 0.29) is 37.2 Å². The lowest BCUT2D eigenvalue weighted by Crippen LogP contribution is -2.25. The van der Waals surface area contributed by atoms with Crippen molar-refractivity contribution in [2.24, 2.45) is 0 Å². The molecule has 2 aromatic carbocycles. The van der Waals surface area contributed by atoms with Gasteiger partial charge in [0.05, 0.1) is 7.11 Å². The molecule has 0 radical (unpaired) electrons. The number of amides is 3. The Morgan fingerprint density at radius 3 is 2.13 bits per heavy atom. The number of rotatable bonds is 11. The summed E-state index contributed by atoms with van der Waals surface area (Å²) in [5, 5.41) is 8.17. The molecule has 3 amide bonds. The number of carbonyl (C=O) groups is 3. The first-order valence-electron chi connectivity index (χ1n) is 9.74. The molecule has 0 aromatic heterocycles. The molecule has 0 atom stereocenters. The number of hydrogen-bond acceptors (Lipinski definition) is 5. The van der Waals surface area contributed by atoms with E-state index in [1.54, 1.807) is 42.5 Å². The molecule has 0 heterocycles. The normalized spacial score (nSPS) is 10.1. The molecular weight excluding hydrogens is 386 g/mol. The minimum atomic E-state index is -0.350. The fourth-order valence-electron chi connectivity index (χ4n) is 2.56. The Kier molecular flexibility index (Phi) is 9.18. The van der Waals surface area contributed by atoms with Crippen LogP contribution in [0.1, 0.15) is 26.2 Å². The Balaban J connectivity index is 1.82. The molecule has 0 saturated carbocycles. The van der Waals surface area contributed by atoms with E-state index in [0.717, 1.165) is 6.42 Å². The maximum absolute atomic E-state index is 12.2. The van der Waals surface area contributed by atoms with Crippen molar-refractivity contribution in [3.8, 4) is 11.5 Å². The van der Waals surface area contributed by atoms with Crippen LogP contribution >= 0.6 is 0 Å². The number of ether oxygens (including phenoxy) is 2. The molecule has 2 rings (SSSR count). The third-order valence-electron chi connectivity index (χ3n) is 4.01. The summed E-state index contributed by atoms with van der Waals surface area (Å²) >= 11 is 0. The lowest BCUT2D eigenvalue weighted by Gasteiger charge is -2.11. The van der Waals surface area contributed by atoms with Gasteiger partial charge in [-0.05, 0) is 36.8 Å². The zero-order valence-corrected chi connectivity index (χ0v) is 17.2. The van der Waals surface area contributed by atoms with E-state index in [9.17, 15) is 14.4 Å². The standard InChI is InChI=1S/C22H27N3O5/c1-3-13-23-20(26)11-12-21(27)24-16-7-6-8-17(14-16)25-22(28)15-30-19-10-5-4-9-18(19)29-2/h4-10,14H,3,11-13,15H2,1-2H3,(H,23,26)(H,24,27)(H,25,28). The molecule has 0 aliphatic heterocycles. The molecule has 0 aliphatic rings. The first kappa shape index (κ1) is 22.7. The summed E-state index contributed by atoms with van der Waals surface area (Å²) in [5.74, 6) is 0.238. The van der Waals surface area contributed by atoms with Crippen LogP contribution in [0.3, 0.4) is 0 Å². The van der Waals surface area contributed by atoms with Crippen LogP contribution in [-0.2, 0) is 14.4 Å². The van der Waals surface area contributed by atoms with Crippen LogP contribution in [0.4, 0.5) is 11.4 Å². The maximum Gasteiger partial charge on any atom is 0.262 e. The summed E-state index contributed by atoms with van der Waals surface area (Å²) in [6, 6.07) is 13.8. The Hall–Kier alpha value is -3.55. The topological polar surface area (TPSA) is 106 Å². The van der Waals surface area contributed by atoms with Crippen molar-refractivity contribution in [3.63, 3.8) is 0 Å². The van der Waals surface area contributed by atoms with Gasteiger partial charge in [0, 0.05) is 30.8 Å². The third-order valence-corrected chi connectivity index (χ3v) is 4.01. The summed E-state index contributed by atoms with van der Waals surface area (Å²) in [6.07, 6.45) is 1.06. The van der Waals surface area contributed by atoms with Crippen LogP contribution in [0.15, 0.2) is 48.5 Å². The van der Waals surface area contributed by atoms with Gasteiger partial charge in [0.1, 0.15) is 0 Å². The number of anilines is 2. The van der Waals surface area contributed by atoms with Gasteiger partial charge in [-0.3, -0.25) is 14.4 Å². The van der Waals surface area contributed by atoms with Crippen molar-refractivity contribution in [3.05, 3.63) is 48.5 Å². The molecule has 160 valence electrons. The van der Waals surface area contributed by atoms with Crippen molar-refractivity contribution in [2.75, 3.05) is 30.9 Å². The molecule has 0 saturated heterocycles. The zero-order chi connectivity index (χ0) is 21.8. The molecule has 3 N–H and O–H groups in total. The second-order valence-electron chi connectivity index (χ2n) is 6.47. The lowest BCUT2D eigenvalue weighted by molar-refractivity contribution is -0.124. The number of nitrogens with one attached hydrogen (secondary N) is 3. The Morgan fingerprint density at radius 1 is 0.833 bits per heavy atom. The fraction of sp³-hybridized carbons (Fsp3) is 0.318. The number of methoxy groups -OCH3 is 1. The molecule has 0 fully saturated rings. The number of hydrogen-bond donors (Lipinski definition) is 3. The summed E-state index contributed by atoms with van der Waals surface area (Å²) in [6.45, 7) is 2.37. The Bertz CT molecular complexity index is 869. The minimum Gasteiger partial charge on any atom is -0.493 e. The smallest absolute Gasteiger partial charge is 0.262 e. The van der Waals surface area contributed by atoms with Gasteiger partial charge >= 0.3 is 0 Å². The second kappa shape index (κ2) is 12.1. The zero-order valence-electron chi connectivity index (χ0n) is 17.2. The number of carbonyl (C=O) groups excluding carboxylic acids is 3. The summed E-state index contributed by atoms with van der Waals surface area (Å²) in [7, 11) is 1.53. The van der Waals surface area contributed by atoms with E-state index in [0.29, 0.717) is 29.4 Å². The largest absolute Gasteiger partial charge is 0.493 e. The van der Waals surface area contributed by atoms with Crippen LogP contribution in [-0.4, -0.2) is 38.0 Å². The molecule has 8 heteroatoms. The van der Waals surface area contributed by atoms with Crippen LogP contribution in [0.25, 0.3) is 0 Å². The molecule has 30 heavy (non-hydrogen) atoms. The van der Waals surface area contributed by atoms with E-state index in [1.807, 2.05) is 13.0 Å². The van der Waals surface area contributed by atoms with Gasteiger partial charge in [-0.1, -0.05) is 25.1 Å². The second-order valence-corrected chi connectivity index (χ2v) is 6.47. The summed E-state index contributed by atoms with van der Waals surface area (Å²) in [5.41, 5.74) is 1.04. The Labute approximate surface area is 175 Å². The fourth-order valence-corrected chi connectivity index (χ4v) is 2.56. The van der Waals surface area contributed by atoms with Gasteiger partial charge in [0.15, 0.2) is 18.1 Å². The molecular formula is C22H27N3O5. The quantitative estimate of drug-likeness (QED) is 0.525. The van der Waals surface area contributed by atoms with Crippen LogP contribution in [0, 0.1) is 0 Å². The Morgan fingerprint density at radius 2 is 1.47 bits per heavy atom. The van der Waals surface area contributed by atoms with Crippen molar-refractivity contribution in [1.29, 1.82) is 0 Å². The average Bonchev–Trinajstić information content (AvgIpc) is 2.75. The van der Waals surface area contributed by atoms with Gasteiger partial charge < -0.3 is 25.4 Å². The monoisotopic (exact) mass is 413 g/mol. The number of benzene rings is 2. The van der Waals surface area contributed by atoms with Crippen LogP contribution < -0.4 is 25.4 Å². The van der Waals surface area contributed by atoms with Crippen molar-refractivity contribution in [1.82, 2.24) is 5.32 Å². The van der Waals surface area contributed by atoms with E-state index in [1.165, 1.54) is 7.11 Å². The third kappa shape index (κ3) is 7.83. The lowest BCUT2D eigenvalue weighted by atomic mass is 10.2.